The van der Waals surface area contributed by atoms with E-state index in [4.69, 9.17) is 5.73 Å². The van der Waals surface area contributed by atoms with Crippen molar-refractivity contribution in [3.63, 3.8) is 0 Å². The number of hydrogen-bond donors (Lipinski definition) is 2. The van der Waals surface area contributed by atoms with Crippen LogP contribution in [0.1, 0.15) is 18.3 Å². The van der Waals surface area contributed by atoms with Crippen LogP contribution in [0.5, 0.6) is 0 Å². The maximum absolute atomic E-state index is 5.79. The first-order valence-corrected chi connectivity index (χ1v) is 8.46. The smallest absolute Gasteiger partial charge is 0.166 e. The predicted octanol–water partition coefficient (Wildman–Crippen LogP) is 3.72. The van der Waals surface area contributed by atoms with Crippen molar-refractivity contribution < 1.29 is 0 Å². The summed E-state index contributed by atoms with van der Waals surface area (Å²) in [5, 5.41) is 5.40. The fourth-order valence-corrected chi connectivity index (χ4v) is 3.74. The van der Waals surface area contributed by atoms with Crippen LogP contribution >= 0.6 is 27.7 Å². The molecule has 21 heavy (non-hydrogen) atoms. The molecule has 2 heterocycles. The van der Waals surface area contributed by atoms with E-state index in [1.807, 2.05) is 29.8 Å². The van der Waals surface area contributed by atoms with Gasteiger partial charge in [-0.05, 0) is 48.0 Å². The molecule has 0 unspecified atom stereocenters. The molecule has 0 fully saturated rings. The fraction of sp³-hybridized carbons (Fsp3) is 0.286. The van der Waals surface area contributed by atoms with Crippen molar-refractivity contribution in [1.82, 2.24) is 19.7 Å². The molecule has 0 radical (unpaired) electrons. The zero-order valence-electron chi connectivity index (χ0n) is 11.9. The Balaban J connectivity index is 1.83. The monoisotopic (exact) mass is 365 g/mol. The number of aromatic nitrogens is 4. The predicted molar refractivity (Wildman–Crippen MR) is 90.4 cm³/mol. The van der Waals surface area contributed by atoms with E-state index in [2.05, 4.69) is 37.9 Å². The third-order valence-corrected chi connectivity index (χ3v) is 5.20. The van der Waals surface area contributed by atoms with Crippen molar-refractivity contribution in [2.45, 2.75) is 31.3 Å². The zero-order valence-corrected chi connectivity index (χ0v) is 14.3. The van der Waals surface area contributed by atoms with E-state index in [0.717, 1.165) is 44.3 Å². The SMILES string of the molecule is CCn1nc(C)c(Br)c1CSc1nc2ccc(N)cc2[nH]1. The Morgan fingerprint density at radius 1 is 1.43 bits per heavy atom. The highest BCUT2D eigenvalue weighted by Crippen LogP contribution is 2.29. The fourth-order valence-electron chi connectivity index (χ4n) is 2.22. The van der Waals surface area contributed by atoms with Gasteiger partial charge in [0.1, 0.15) is 0 Å². The van der Waals surface area contributed by atoms with E-state index in [-0.39, 0.29) is 0 Å². The molecule has 7 heteroatoms. The molecular weight excluding hydrogens is 350 g/mol. The summed E-state index contributed by atoms with van der Waals surface area (Å²) in [6.45, 7) is 4.96. The second-order valence-electron chi connectivity index (χ2n) is 4.77. The van der Waals surface area contributed by atoms with Crippen LogP contribution in [0.25, 0.3) is 11.0 Å². The van der Waals surface area contributed by atoms with Crippen LogP contribution in [0.4, 0.5) is 5.69 Å². The van der Waals surface area contributed by atoms with Crippen LogP contribution in [-0.2, 0) is 12.3 Å². The summed E-state index contributed by atoms with van der Waals surface area (Å²) in [6, 6.07) is 5.70. The largest absolute Gasteiger partial charge is 0.399 e. The van der Waals surface area contributed by atoms with Crippen molar-refractivity contribution in [3.8, 4) is 0 Å². The topological polar surface area (TPSA) is 72.5 Å². The number of imidazole rings is 1. The van der Waals surface area contributed by atoms with Gasteiger partial charge in [-0.2, -0.15) is 5.10 Å². The number of nitrogens with two attached hydrogens (primary N) is 1. The number of rotatable bonds is 4. The first kappa shape index (κ1) is 14.5. The highest BCUT2D eigenvalue weighted by atomic mass is 79.9. The molecule has 5 nitrogen and oxygen atoms in total. The minimum absolute atomic E-state index is 0.741. The van der Waals surface area contributed by atoms with Crippen LogP contribution in [0, 0.1) is 6.92 Å². The van der Waals surface area contributed by atoms with E-state index in [9.17, 15) is 0 Å². The van der Waals surface area contributed by atoms with Gasteiger partial charge in [-0.3, -0.25) is 4.68 Å². The molecule has 0 aliphatic rings. The molecule has 0 amide bonds. The lowest BCUT2D eigenvalue weighted by Gasteiger charge is -2.03. The molecule has 3 N–H and O–H groups in total. The first-order chi connectivity index (χ1) is 10.1. The van der Waals surface area contributed by atoms with Crippen LogP contribution in [0.2, 0.25) is 0 Å². The van der Waals surface area contributed by atoms with Crippen molar-refractivity contribution in [3.05, 3.63) is 34.1 Å². The van der Waals surface area contributed by atoms with Crippen LogP contribution in [0.15, 0.2) is 27.8 Å². The van der Waals surface area contributed by atoms with E-state index >= 15 is 0 Å². The normalized spacial score (nSPS) is 11.4. The van der Waals surface area contributed by atoms with Crippen LogP contribution in [0.3, 0.4) is 0 Å². The van der Waals surface area contributed by atoms with Crippen LogP contribution < -0.4 is 5.73 Å². The summed E-state index contributed by atoms with van der Waals surface area (Å²) in [6.07, 6.45) is 0. The Kier molecular flexibility index (Phi) is 3.95. The summed E-state index contributed by atoms with van der Waals surface area (Å²) in [5.74, 6) is 0.810. The van der Waals surface area contributed by atoms with Crippen molar-refractivity contribution in [2.75, 3.05) is 5.73 Å². The summed E-state index contributed by atoms with van der Waals surface area (Å²) < 4.78 is 3.10. The van der Waals surface area contributed by atoms with E-state index in [0.29, 0.717) is 0 Å². The molecule has 3 rings (SSSR count). The number of nitrogens with zero attached hydrogens (tertiary/aromatic N) is 3. The number of fused-ring (bicyclic) bond motifs is 1. The Hall–Kier alpha value is -1.47. The van der Waals surface area contributed by atoms with Crippen molar-refractivity contribution in [2.24, 2.45) is 0 Å². The molecule has 0 saturated carbocycles. The maximum atomic E-state index is 5.79. The Bertz CT molecular complexity index is 792. The molecule has 0 bridgehead atoms. The number of benzene rings is 1. The minimum Gasteiger partial charge on any atom is -0.399 e. The molecule has 2 aromatic heterocycles. The third kappa shape index (κ3) is 2.80. The van der Waals surface area contributed by atoms with Crippen molar-refractivity contribution >= 4 is 44.4 Å². The molecule has 110 valence electrons. The quantitative estimate of drug-likeness (QED) is 0.545. The Labute approximate surface area is 135 Å². The highest BCUT2D eigenvalue weighted by molar-refractivity contribution is 9.10. The number of anilines is 1. The Morgan fingerprint density at radius 3 is 3.00 bits per heavy atom. The number of aromatic amines is 1. The Morgan fingerprint density at radius 2 is 2.24 bits per heavy atom. The van der Waals surface area contributed by atoms with Gasteiger partial charge in [0.15, 0.2) is 5.16 Å². The minimum atomic E-state index is 0.741. The van der Waals surface area contributed by atoms with E-state index < -0.39 is 0 Å². The lowest BCUT2D eigenvalue weighted by molar-refractivity contribution is 0.631. The lowest BCUT2D eigenvalue weighted by atomic mass is 10.3. The van der Waals surface area contributed by atoms with Gasteiger partial charge in [-0.15, -0.1) is 0 Å². The van der Waals surface area contributed by atoms with Crippen LogP contribution in [-0.4, -0.2) is 19.7 Å². The van der Waals surface area contributed by atoms with Gasteiger partial charge in [0.25, 0.3) is 0 Å². The summed E-state index contributed by atoms with van der Waals surface area (Å²) in [4.78, 5) is 7.87. The molecular formula is C14H16BrN5S. The molecule has 0 aliphatic heterocycles. The molecule has 0 spiro atoms. The molecule has 0 atom stereocenters. The summed E-state index contributed by atoms with van der Waals surface area (Å²) >= 11 is 5.28. The second-order valence-corrected chi connectivity index (χ2v) is 6.53. The van der Waals surface area contributed by atoms with Gasteiger partial charge in [0, 0.05) is 18.0 Å². The number of nitrogen functional groups attached to an aromatic ring is 1. The highest BCUT2D eigenvalue weighted by Gasteiger charge is 2.13. The maximum Gasteiger partial charge on any atom is 0.166 e. The lowest BCUT2D eigenvalue weighted by Crippen LogP contribution is -2.01. The zero-order chi connectivity index (χ0) is 15.0. The average Bonchev–Trinajstić information content (AvgIpc) is 2.98. The second kappa shape index (κ2) is 5.73. The summed E-state index contributed by atoms with van der Waals surface area (Å²) in [5.41, 5.74) is 10.6. The first-order valence-electron chi connectivity index (χ1n) is 6.68. The van der Waals surface area contributed by atoms with Gasteiger partial charge in [-0.25, -0.2) is 4.98 Å². The molecule has 0 saturated heterocycles. The van der Waals surface area contributed by atoms with E-state index in [1.54, 1.807) is 11.8 Å². The number of aryl methyl sites for hydroxylation is 2. The standard InChI is InChI=1S/C14H16BrN5S/c1-3-20-12(13(15)8(2)19-20)7-21-14-17-10-5-4-9(16)6-11(10)18-14/h4-6H,3,7,16H2,1-2H3,(H,17,18). The number of thioether (sulfide) groups is 1. The number of nitrogens with one attached hydrogen (secondary N) is 1. The summed E-state index contributed by atoms with van der Waals surface area (Å²) in [7, 11) is 0. The molecule has 1 aromatic carbocycles. The van der Waals surface area contributed by atoms with Gasteiger partial charge in [0.05, 0.1) is 26.9 Å². The van der Waals surface area contributed by atoms with Gasteiger partial charge in [-0.1, -0.05) is 11.8 Å². The molecule has 3 aromatic rings. The molecule has 0 aliphatic carbocycles. The van der Waals surface area contributed by atoms with Crippen molar-refractivity contribution in [1.29, 1.82) is 0 Å². The van der Waals surface area contributed by atoms with E-state index in [1.165, 1.54) is 5.69 Å². The third-order valence-electron chi connectivity index (χ3n) is 3.28. The average molecular weight is 366 g/mol. The number of halogens is 1. The number of hydrogen-bond acceptors (Lipinski definition) is 4. The van der Waals surface area contributed by atoms with Gasteiger partial charge in [0.2, 0.25) is 0 Å². The van der Waals surface area contributed by atoms with Gasteiger partial charge < -0.3 is 10.7 Å². The van der Waals surface area contributed by atoms with Gasteiger partial charge >= 0.3 is 0 Å². The number of H-pyrrole nitrogens is 1.